The summed E-state index contributed by atoms with van der Waals surface area (Å²) in [6.45, 7) is 0. The van der Waals surface area contributed by atoms with Crippen molar-refractivity contribution in [3.8, 4) is 11.1 Å². The van der Waals surface area contributed by atoms with Crippen LogP contribution in [0.15, 0.2) is 47.6 Å². The number of sulfonamides is 1. The second-order valence-corrected chi connectivity index (χ2v) is 7.67. The van der Waals surface area contributed by atoms with E-state index in [4.69, 9.17) is 11.6 Å². The number of rotatable bonds is 4. The van der Waals surface area contributed by atoms with Gasteiger partial charge in [0.25, 0.3) is 0 Å². The van der Waals surface area contributed by atoms with Crippen LogP contribution in [0.2, 0.25) is 5.02 Å². The average molecular weight is 353 g/mol. The fourth-order valence-electron chi connectivity index (χ4n) is 2.86. The van der Waals surface area contributed by atoms with Crippen LogP contribution in [0.4, 0.5) is 0 Å². The van der Waals surface area contributed by atoms with Gasteiger partial charge in [-0.05, 0) is 37.5 Å². The Kier molecular flexibility index (Phi) is 4.68. The largest absolute Gasteiger partial charge is 0.391 e. The van der Waals surface area contributed by atoms with Gasteiger partial charge in [0, 0.05) is 34.6 Å². The molecule has 0 saturated heterocycles. The van der Waals surface area contributed by atoms with Gasteiger partial charge in [0.2, 0.25) is 10.0 Å². The topological polar surface area (TPSA) is 79.3 Å². The van der Waals surface area contributed by atoms with E-state index in [0.717, 1.165) is 6.42 Å². The van der Waals surface area contributed by atoms with Crippen LogP contribution < -0.4 is 4.72 Å². The first-order chi connectivity index (χ1) is 11.0. The lowest BCUT2D eigenvalue weighted by atomic mass is 10.1. The van der Waals surface area contributed by atoms with E-state index >= 15 is 0 Å². The normalized spacial score (nSPS) is 21.5. The Morgan fingerprint density at radius 3 is 2.70 bits per heavy atom. The summed E-state index contributed by atoms with van der Waals surface area (Å²) in [5.41, 5.74) is 1.05. The highest BCUT2D eigenvalue weighted by atomic mass is 35.5. The molecule has 0 amide bonds. The SMILES string of the molecule is O=S(=O)(N[C@@H]1CCC[C@H]1O)c1cccc(Cl)c1-c1cccnc1. The summed E-state index contributed by atoms with van der Waals surface area (Å²) in [4.78, 5) is 4.12. The number of aliphatic hydroxyl groups excluding tert-OH is 1. The van der Waals surface area contributed by atoms with E-state index < -0.39 is 22.2 Å². The molecular weight excluding hydrogens is 336 g/mol. The van der Waals surface area contributed by atoms with Crippen LogP contribution in [0.25, 0.3) is 11.1 Å². The van der Waals surface area contributed by atoms with Gasteiger partial charge in [-0.3, -0.25) is 4.98 Å². The maximum absolute atomic E-state index is 12.8. The van der Waals surface area contributed by atoms with Crippen molar-refractivity contribution in [1.82, 2.24) is 9.71 Å². The molecule has 7 heteroatoms. The van der Waals surface area contributed by atoms with Gasteiger partial charge in [-0.15, -0.1) is 0 Å². The Morgan fingerprint density at radius 2 is 2.04 bits per heavy atom. The number of hydrogen-bond donors (Lipinski definition) is 2. The highest BCUT2D eigenvalue weighted by Gasteiger charge is 2.31. The zero-order valence-electron chi connectivity index (χ0n) is 12.3. The summed E-state index contributed by atoms with van der Waals surface area (Å²) in [7, 11) is -3.80. The molecule has 0 unspecified atom stereocenters. The molecule has 0 radical (unpaired) electrons. The quantitative estimate of drug-likeness (QED) is 0.886. The van der Waals surface area contributed by atoms with E-state index in [-0.39, 0.29) is 4.90 Å². The Bertz CT molecular complexity index is 796. The summed E-state index contributed by atoms with van der Waals surface area (Å²) < 4.78 is 28.2. The molecule has 0 spiro atoms. The van der Waals surface area contributed by atoms with Gasteiger partial charge >= 0.3 is 0 Å². The van der Waals surface area contributed by atoms with Crippen LogP contribution in [0, 0.1) is 0 Å². The lowest BCUT2D eigenvalue weighted by molar-refractivity contribution is 0.159. The predicted molar refractivity (Wildman–Crippen MR) is 88.7 cm³/mol. The van der Waals surface area contributed by atoms with E-state index in [0.29, 0.717) is 29.0 Å². The number of hydrogen-bond acceptors (Lipinski definition) is 4. The Morgan fingerprint density at radius 1 is 1.22 bits per heavy atom. The smallest absolute Gasteiger partial charge is 0.241 e. The van der Waals surface area contributed by atoms with Gasteiger partial charge in [0.15, 0.2) is 0 Å². The molecule has 0 aliphatic heterocycles. The molecule has 3 rings (SSSR count). The first-order valence-corrected chi connectivity index (χ1v) is 9.24. The van der Waals surface area contributed by atoms with Crippen LogP contribution in [-0.2, 0) is 10.0 Å². The van der Waals surface area contributed by atoms with Crippen LogP contribution >= 0.6 is 11.6 Å². The van der Waals surface area contributed by atoms with Crippen LogP contribution in [-0.4, -0.2) is 30.7 Å². The minimum absolute atomic E-state index is 0.0945. The van der Waals surface area contributed by atoms with Crippen molar-refractivity contribution < 1.29 is 13.5 Å². The van der Waals surface area contributed by atoms with Crippen molar-refractivity contribution in [2.75, 3.05) is 0 Å². The van der Waals surface area contributed by atoms with Crippen molar-refractivity contribution in [3.63, 3.8) is 0 Å². The molecule has 1 aliphatic rings. The standard InChI is InChI=1S/C16H17ClN2O3S/c17-12-5-1-8-15(16(12)11-4-3-9-18-10-11)23(21,22)19-13-6-2-7-14(13)20/h1,3-5,8-10,13-14,19-20H,2,6-7H2/t13-,14-/m1/s1. The Balaban J connectivity index is 2.04. The van der Waals surface area contributed by atoms with E-state index in [1.807, 2.05) is 0 Å². The fraction of sp³-hybridized carbons (Fsp3) is 0.312. The summed E-state index contributed by atoms with van der Waals surface area (Å²) >= 11 is 6.25. The van der Waals surface area contributed by atoms with Crippen molar-refractivity contribution in [1.29, 1.82) is 0 Å². The highest BCUT2D eigenvalue weighted by molar-refractivity contribution is 7.89. The maximum atomic E-state index is 12.8. The molecule has 2 aromatic rings. The van der Waals surface area contributed by atoms with Gasteiger partial charge < -0.3 is 5.11 Å². The summed E-state index contributed by atoms with van der Waals surface area (Å²) in [5.74, 6) is 0. The summed E-state index contributed by atoms with van der Waals surface area (Å²) in [6, 6.07) is 7.79. The minimum Gasteiger partial charge on any atom is -0.391 e. The van der Waals surface area contributed by atoms with Crippen LogP contribution in [0.1, 0.15) is 19.3 Å². The van der Waals surface area contributed by atoms with E-state index in [1.165, 1.54) is 6.07 Å². The molecule has 1 saturated carbocycles. The lowest BCUT2D eigenvalue weighted by Crippen LogP contribution is -2.39. The summed E-state index contributed by atoms with van der Waals surface area (Å²) in [6.07, 6.45) is 4.58. The second kappa shape index (κ2) is 6.57. The maximum Gasteiger partial charge on any atom is 0.241 e. The zero-order chi connectivity index (χ0) is 16.4. The molecule has 23 heavy (non-hydrogen) atoms. The Hall–Kier alpha value is -1.47. The van der Waals surface area contributed by atoms with Crippen molar-refractivity contribution in [2.45, 2.75) is 36.3 Å². The van der Waals surface area contributed by atoms with Gasteiger partial charge in [-0.1, -0.05) is 23.7 Å². The number of aliphatic hydroxyl groups is 1. The molecule has 0 bridgehead atoms. The Labute approximate surface area is 140 Å². The molecule has 1 fully saturated rings. The fourth-order valence-corrected chi connectivity index (χ4v) is 4.75. The third kappa shape index (κ3) is 3.40. The first-order valence-electron chi connectivity index (χ1n) is 7.38. The zero-order valence-corrected chi connectivity index (χ0v) is 13.9. The van der Waals surface area contributed by atoms with Crippen molar-refractivity contribution in [2.24, 2.45) is 0 Å². The number of nitrogens with zero attached hydrogens (tertiary/aromatic N) is 1. The second-order valence-electron chi connectivity index (χ2n) is 5.58. The number of halogens is 1. The molecule has 1 aromatic carbocycles. The number of nitrogens with one attached hydrogen (secondary N) is 1. The van der Waals surface area contributed by atoms with Crippen molar-refractivity contribution in [3.05, 3.63) is 47.7 Å². The van der Waals surface area contributed by atoms with E-state index in [9.17, 15) is 13.5 Å². The average Bonchev–Trinajstić information content (AvgIpc) is 2.92. The van der Waals surface area contributed by atoms with E-state index in [1.54, 1.807) is 36.7 Å². The third-order valence-electron chi connectivity index (χ3n) is 4.00. The van der Waals surface area contributed by atoms with Gasteiger partial charge in [0.1, 0.15) is 0 Å². The monoisotopic (exact) mass is 352 g/mol. The molecular formula is C16H17ClN2O3S. The lowest BCUT2D eigenvalue weighted by Gasteiger charge is -2.18. The predicted octanol–water partition coefficient (Wildman–Crippen LogP) is 2.59. The third-order valence-corrected chi connectivity index (χ3v) is 5.85. The molecule has 2 N–H and O–H groups in total. The number of aromatic nitrogens is 1. The molecule has 1 aliphatic carbocycles. The van der Waals surface area contributed by atoms with Gasteiger partial charge in [-0.25, -0.2) is 13.1 Å². The van der Waals surface area contributed by atoms with Gasteiger partial charge in [0.05, 0.1) is 11.0 Å². The molecule has 122 valence electrons. The van der Waals surface area contributed by atoms with E-state index in [2.05, 4.69) is 9.71 Å². The van der Waals surface area contributed by atoms with Crippen molar-refractivity contribution >= 4 is 21.6 Å². The molecule has 5 nitrogen and oxygen atoms in total. The molecule has 2 atom stereocenters. The minimum atomic E-state index is -3.80. The summed E-state index contributed by atoms with van der Waals surface area (Å²) in [5, 5.41) is 10.2. The number of pyridine rings is 1. The van der Waals surface area contributed by atoms with Crippen LogP contribution in [0.5, 0.6) is 0 Å². The van der Waals surface area contributed by atoms with Crippen LogP contribution in [0.3, 0.4) is 0 Å². The first kappa shape index (κ1) is 16.4. The molecule has 1 heterocycles. The highest BCUT2D eigenvalue weighted by Crippen LogP contribution is 2.34. The van der Waals surface area contributed by atoms with Gasteiger partial charge in [-0.2, -0.15) is 0 Å². The number of benzene rings is 1. The molecule has 1 aromatic heterocycles.